The van der Waals surface area contributed by atoms with Gasteiger partial charge in [-0.1, -0.05) is 77.9 Å². The third kappa shape index (κ3) is 4.45. The van der Waals surface area contributed by atoms with Gasteiger partial charge in [-0.05, 0) is 58.8 Å². The third-order valence-corrected chi connectivity index (χ3v) is 7.84. The highest BCUT2D eigenvalue weighted by molar-refractivity contribution is 8.03. The van der Waals surface area contributed by atoms with Gasteiger partial charge >= 0.3 is 0 Å². The topological polar surface area (TPSA) is 29.3 Å². The highest BCUT2D eigenvalue weighted by Crippen LogP contribution is 2.47. The molecule has 0 unspecified atom stereocenters. The van der Waals surface area contributed by atoms with Crippen LogP contribution in [0, 0.1) is 0 Å². The zero-order valence-corrected chi connectivity index (χ0v) is 21.0. The molecule has 2 aromatic rings. The number of nitrogens with two attached hydrogens (primary N) is 1. The molecule has 0 atom stereocenters. The molecule has 2 nitrogen and oxygen atoms in total. The van der Waals surface area contributed by atoms with Crippen molar-refractivity contribution in [2.45, 2.75) is 84.6 Å². The summed E-state index contributed by atoms with van der Waals surface area (Å²) in [5.41, 5.74) is 16.0. The maximum atomic E-state index is 6.28. The number of para-hydroxylation sites is 1. The van der Waals surface area contributed by atoms with Crippen molar-refractivity contribution in [3.63, 3.8) is 0 Å². The van der Waals surface area contributed by atoms with Gasteiger partial charge in [0.1, 0.15) is 0 Å². The molecule has 1 aliphatic heterocycles. The first-order chi connectivity index (χ1) is 14.6. The zero-order valence-electron chi connectivity index (χ0n) is 20.1. The van der Waals surface area contributed by atoms with Crippen LogP contribution in [0.15, 0.2) is 47.0 Å². The fourth-order valence-electron chi connectivity index (χ4n) is 4.68. The van der Waals surface area contributed by atoms with Crippen LogP contribution in [0.1, 0.15) is 83.9 Å². The van der Waals surface area contributed by atoms with Gasteiger partial charge in [0, 0.05) is 22.7 Å². The molecule has 1 aliphatic carbocycles. The summed E-state index contributed by atoms with van der Waals surface area (Å²) in [5, 5.41) is 0. The second kappa shape index (κ2) is 8.33. The Morgan fingerprint density at radius 1 is 0.903 bits per heavy atom. The van der Waals surface area contributed by atoms with Gasteiger partial charge in [-0.15, -0.1) is 11.8 Å². The first-order valence-electron chi connectivity index (χ1n) is 11.7. The van der Waals surface area contributed by atoms with Crippen LogP contribution in [0.5, 0.6) is 0 Å². The van der Waals surface area contributed by atoms with Crippen molar-refractivity contribution in [3.8, 4) is 11.1 Å². The molecule has 0 fully saturated rings. The average molecular weight is 435 g/mol. The van der Waals surface area contributed by atoms with Crippen LogP contribution in [0.25, 0.3) is 11.1 Å². The van der Waals surface area contributed by atoms with Gasteiger partial charge < -0.3 is 10.6 Å². The van der Waals surface area contributed by atoms with E-state index in [0.29, 0.717) is 6.54 Å². The van der Waals surface area contributed by atoms with E-state index in [4.69, 9.17) is 5.73 Å². The summed E-state index contributed by atoms with van der Waals surface area (Å²) < 4.78 is 0. The van der Waals surface area contributed by atoms with Crippen LogP contribution in [0.3, 0.4) is 0 Å². The van der Waals surface area contributed by atoms with Crippen molar-refractivity contribution in [2.24, 2.45) is 5.73 Å². The zero-order chi connectivity index (χ0) is 22.4. The summed E-state index contributed by atoms with van der Waals surface area (Å²) in [5.74, 6) is 1.01. The lowest BCUT2D eigenvalue weighted by Gasteiger charge is -2.30. The van der Waals surface area contributed by atoms with Crippen LogP contribution < -0.4 is 10.6 Å². The number of benzene rings is 2. The Morgan fingerprint density at radius 3 is 2.16 bits per heavy atom. The van der Waals surface area contributed by atoms with Crippen molar-refractivity contribution in [2.75, 3.05) is 10.8 Å². The van der Waals surface area contributed by atoms with E-state index in [1.54, 1.807) is 10.6 Å². The molecule has 166 valence electrons. The van der Waals surface area contributed by atoms with Gasteiger partial charge in [0.15, 0.2) is 0 Å². The van der Waals surface area contributed by atoms with E-state index in [-0.39, 0.29) is 10.8 Å². The monoisotopic (exact) mass is 434 g/mol. The van der Waals surface area contributed by atoms with Crippen LogP contribution >= 0.6 is 11.8 Å². The highest BCUT2D eigenvalue weighted by atomic mass is 32.2. The lowest BCUT2D eigenvalue weighted by atomic mass is 9.78. The Bertz CT molecular complexity index is 972. The Hall–Kier alpha value is -1.71. The molecular formula is C28H38N2S. The molecular weight excluding hydrogens is 396 g/mol. The number of thioether (sulfide) groups is 1. The second-order valence-electron chi connectivity index (χ2n) is 11.1. The summed E-state index contributed by atoms with van der Waals surface area (Å²) in [4.78, 5) is 4.18. The molecule has 3 heteroatoms. The molecule has 4 rings (SSSR count). The minimum Gasteiger partial charge on any atom is -0.333 e. The number of nitrogens with zero attached hydrogens (tertiary/aromatic N) is 1. The maximum absolute atomic E-state index is 6.28. The van der Waals surface area contributed by atoms with Crippen LogP contribution in [-0.2, 0) is 17.4 Å². The van der Waals surface area contributed by atoms with Gasteiger partial charge in [0.05, 0.1) is 11.6 Å². The number of hydrogen-bond donors (Lipinski definition) is 1. The number of rotatable bonds is 3. The van der Waals surface area contributed by atoms with Crippen molar-refractivity contribution in [1.82, 2.24) is 0 Å². The fourth-order valence-corrected chi connectivity index (χ4v) is 5.92. The predicted molar refractivity (Wildman–Crippen MR) is 138 cm³/mol. The normalized spacial score (nSPS) is 17.3. The maximum Gasteiger partial charge on any atom is 0.0729 e. The fraction of sp³-hybridized carbons (Fsp3) is 0.500. The second-order valence-corrected chi connectivity index (χ2v) is 12.1. The van der Waals surface area contributed by atoms with Gasteiger partial charge in [0.25, 0.3) is 0 Å². The Labute approximate surface area is 193 Å². The molecule has 0 bridgehead atoms. The molecule has 0 amide bonds. The van der Waals surface area contributed by atoms with Crippen molar-refractivity contribution in [3.05, 3.63) is 63.7 Å². The molecule has 2 aliphatic rings. The van der Waals surface area contributed by atoms with E-state index in [9.17, 15) is 0 Å². The lowest BCUT2D eigenvalue weighted by Crippen LogP contribution is -2.22. The molecule has 0 saturated carbocycles. The first-order valence-corrected chi connectivity index (χ1v) is 12.7. The summed E-state index contributed by atoms with van der Waals surface area (Å²) in [6.45, 7) is 14.4. The minimum absolute atomic E-state index is 0.101. The molecule has 0 spiro atoms. The van der Waals surface area contributed by atoms with Gasteiger partial charge in [0.2, 0.25) is 0 Å². The molecule has 1 heterocycles. The standard InChI is InChI=1S/C28H38N2S/c1-27(2,3)21-14-20(15-22(16-21)28(4,5)6)23-11-9-10-19(17-29)26(23)30-18-31-25-13-8-7-12-24(25)30/h9-11,14-16H,7-8,12-13,17-18,29H2,1-6H3. The Morgan fingerprint density at radius 2 is 1.55 bits per heavy atom. The average Bonchev–Trinajstić information content (AvgIpc) is 3.15. The summed E-state index contributed by atoms with van der Waals surface area (Å²) in [6.07, 6.45) is 5.05. The van der Waals surface area contributed by atoms with E-state index in [1.807, 2.05) is 11.8 Å². The van der Waals surface area contributed by atoms with E-state index in [0.717, 1.165) is 5.88 Å². The molecule has 31 heavy (non-hydrogen) atoms. The Kier molecular flexibility index (Phi) is 6.04. The predicted octanol–water partition coefficient (Wildman–Crippen LogP) is 7.70. The van der Waals surface area contributed by atoms with E-state index >= 15 is 0 Å². The van der Waals surface area contributed by atoms with Gasteiger partial charge in [-0.25, -0.2) is 0 Å². The molecule has 0 radical (unpaired) electrons. The largest absolute Gasteiger partial charge is 0.333 e. The van der Waals surface area contributed by atoms with Gasteiger partial charge in [-0.3, -0.25) is 0 Å². The van der Waals surface area contributed by atoms with Crippen molar-refractivity contribution in [1.29, 1.82) is 0 Å². The summed E-state index contributed by atoms with van der Waals surface area (Å²) in [6, 6.07) is 13.9. The molecule has 2 aromatic carbocycles. The summed E-state index contributed by atoms with van der Waals surface area (Å²) >= 11 is 2.03. The van der Waals surface area contributed by atoms with Crippen LogP contribution in [-0.4, -0.2) is 5.88 Å². The Balaban J connectivity index is 1.93. The molecule has 0 saturated heterocycles. The van der Waals surface area contributed by atoms with E-state index in [2.05, 4.69) is 82.8 Å². The summed E-state index contributed by atoms with van der Waals surface area (Å²) in [7, 11) is 0. The number of anilines is 1. The molecule has 2 N–H and O–H groups in total. The van der Waals surface area contributed by atoms with Crippen LogP contribution in [0.4, 0.5) is 5.69 Å². The van der Waals surface area contributed by atoms with Crippen molar-refractivity contribution >= 4 is 17.4 Å². The number of hydrogen-bond acceptors (Lipinski definition) is 3. The van der Waals surface area contributed by atoms with E-state index in [1.165, 1.54) is 59.2 Å². The van der Waals surface area contributed by atoms with Crippen LogP contribution in [0.2, 0.25) is 0 Å². The van der Waals surface area contributed by atoms with Crippen molar-refractivity contribution < 1.29 is 0 Å². The molecule has 0 aromatic heterocycles. The third-order valence-electron chi connectivity index (χ3n) is 6.67. The highest BCUT2D eigenvalue weighted by Gasteiger charge is 2.30. The lowest BCUT2D eigenvalue weighted by molar-refractivity contribution is 0.569. The minimum atomic E-state index is 0.101. The first kappa shape index (κ1) is 22.5. The van der Waals surface area contributed by atoms with Gasteiger partial charge in [-0.2, -0.15) is 0 Å². The van der Waals surface area contributed by atoms with E-state index < -0.39 is 0 Å². The smallest absolute Gasteiger partial charge is 0.0729 e. The quantitative estimate of drug-likeness (QED) is 0.536. The SMILES string of the molecule is CC(C)(C)c1cc(-c2cccc(CN)c2N2CSC3=C2CCCC3)cc(C(C)(C)C)c1. The number of allylic oxidation sites excluding steroid dienone is 2.